The highest BCUT2D eigenvalue weighted by Crippen LogP contribution is 2.36. The molecule has 1 aliphatic rings. The number of carbonyl (C=O) groups excluding carboxylic acids is 1. The number of methoxy groups -OCH3 is 1. The number of ether oxygens (including phenoxy) is 1. The van der Waals surface area contributed by atoms with Crippen LogP contribution in [0.3, 0.4) is 0 Å². The number of carbonyl (C=O) groups is 2. The maximum absolute atomic E-state index is 12.6. The number of aryl methyl sites for hydroxylation is 1. The van der Waals surface area contributed by atoms with Crippen molar-refractivity contribution in [1.82, 2.24) is 0 Å². The van der Waals surface area contributed by atoms with Crippen LogP contribution in [0.4, 0.5) is 5.69 Å². The third kappa shape index (κ3) is 3.11. The van der Waals surface area contributed by atoms with E-state index in [9.17, 15) is 14.7 Å². The number of anilines is 1. The molecule has 0 fully saturated rings. The zero-order chi connectivity index (χ0) is 17.1. The second kappa shape index (κ2) is 6.74. The summed E-state index contributed by atoms with van der Waals surface area (Å²) in [7, 11) is 1.61. The van der Waals surface area contributed by atoms with Crippen molar-refractivity contribution in [2.24, 2.45) is 0 Å². The van der Waals surface area contributed by atoms with Crippen LogP contribution in [0.2, 0.25) is 0 Å². The summed E-state index contributed by atoms with van der Waals surface area (Å²) in [6.45, 7) is 0.204. The van der Waals surface area contributed by atoms with E-state index in [1.54, 1.807) is 24.1 Å². The molecule has 124 valence electrons. The van der Waals surface area contributed by atoms with Gasteiger partial charge in [-0.1, -0.05) is 30.3 Å². The molecule has 1 atom stereocenters. The standard InChI is InChI=1S/C19H19NO4/c1-24-14-9-6-13(7-10-14)8-11-18(21)20-12-16(19(22)23)15-4-2-3-5-17(15)20/h2-7,9-10,16H,8,11-12H2,1H3,(H,22,23)/t16-/m1/s1. The molecule has 0 bridgehead atoms. The van der Waals surface area contributed by atoms with Gasteiger partial charge in [-0.3, -0.25) is 9.59 Å². The third-order valence-corrected chi connectivity index (χ3v) is 4.35. The fourth-order valence-corrected chi connectivity index (χ4v) is 3.03. The van der Waals surface area contributed by atoms with Crippen LogP contribution in [0.1, 0.15) is 23.5 Å². The van der Waals surface area contributed by atoms with Crippen LogP contribution < -0.4 is 9.64 Å². The van der Waals surface area contributed by atoms with Crippen LogP contribution >= 0.6 is 0 Å². The molecule has 2 aromatic carbocycles. The average molecular weight is 325 g/mol. The number of carboxylic acids is 1. The topological polar surface area (TPSA) is 66.8 Å². The number of hydrogen-bond donors (Lipinski definition) is 1. The maximum atomic E-state index is 12.6. The summed E-state index contributed by atoms with van der Waals surface area (Å²) in [5.74, 6) is -0.816. The first-order valence-corrected chi connectivity index (χ1v) is 7.85. The van der Waals surface area contributed by atoms with E-state index in [1.165, 1.54) is 0 Å². The molecular weight excluding hydrogens is 306 g/mol. The van der Waals surface area contributed by atoms with Gasteiger partial charge in [-0.25, -0.2) is 0 Å². The van der Waals surface area contributed by atoms with Gasteiger partial charge in [0.1, 0.15) is 11.7 Å². The van der Waals surface area contributed by atoms with Crippen LogP contribution in [-0.2, 0) is 16.0 Å². The van der Waals surface area contributed by atoms with E-state index in [0.717, 1.165) is 11.3 Å². The predicted octanol–water partition coefficient (Wildman–Crippen LogP) is 2.84. The van der Waals surface area contributed by atoms with Gasteiger partial charge in [0.05, 0.1) is 7.11 Å². The van der Waals surface area contributed by atoms with Crippen LogP contribution in [0, 0.1) is 0 Å². The molecule has 3 rings (SSSR count). The van der Waals surface area contributed by atoms with Gasteiger partial charge in [0.15, 0.2) is 0 Å². The molecule has 1 amide bonds. The van der Waals surface area contributed by atoms with E-state index >= 15 is 0 Å². The van der Waals surface area contributed by atoms with E-state index in [-0.39, 0.29) is 12.5 Å². The molecule has 0 spiro atoms. The van der Waals surface area contributed by atoms with Gasteiger partial charge in [-0.15, -0.1) is 0 Å². The number of aliphatic carboxylic acids is 1. The summed E-state index contributed by atoms with van der Waals surface area (Å²) in [5.41, 5.74) is 2.47. The minimum Gasteiger partial charge on any atom is -0.497 e. The molecule has 24 heavy (non-hydrogen) atoms. The van der Waals surface area contributed by atoms with E-state index in [1.807, 2.05) is 36.4 Å². The minimum absolute atomic E-state index is 0.0537. The minimum atomic E-state index is -0.895. The van der Waals surface area contributed by atoms with E-state index in [2.05, 4.69) is 0 Å². The van der Waals surface area contributed by atoms with E-state index in [0.29, 0.717) is 24.1 Å². The first-order valence-electron chi connectivity index (χ1n) is 7.85. The predicted molar refractivity (Wildman–Crippen MR) is 90.5 cm³/mol. The number of nitrogens with zero attached hydrogens (tertiary/aromatic N) is 1. The second-order valence-electron chi connectivity index (χ2n) is 5.80. The Morgan fingerprint density at radius 3 is 2.54 bits per heavy atom. The van der Waals surface area contributed by atoms with Gasteiger partial charge < -0.3 is 14.7 Å². The number of carboxylic acid groups (broad SMARTS) is 1. The summed E-state index contributed by atoms with van der Waals surface area (Å²) in [4.78, 5) is 25.6. The van der Waals surface area contributed by atoms with Gasteiger partial charge >= 0.3 is 5.97 Å². The SMILES string of the molecule is COc1ccc(CCC(=O)N2C[C@@H](C(=O)O)c3ccccc32)cc1. The lowest BCUT2D eigenvalue weighted by Crippen LogP contribution is -2.31. The van der Waals surface area contributed by atoms with Gasteiger partial charge in [0.2, 0.25) is 5.91 Å². The summed E-state index contributed by atoms with van der Waals surface area (Å²) < 4.78 is 5.12. The summed E-state index contributed by atoms with van der Waals surface area (Å²) in [6, 6.07) is 14.8. The van der Waals surface area contributed by atoms with E-state index < -0.39 is 11.9 Å². The average Bonchev–Trinajstić information content (AvgIpc) is 3.00. The van der Waals surface area contributed by atoms with Crippen molar-refractivity contribution >= 4 is 17.6 Å². The number of fused-ring (bicyclic) bond motifs is 1. The Morgan fingerprint density at radius 2 is 1.88 bits per heavy atom. The molecule has 0 aliphatic carbocycles. The highest BCUT2D eigenvalue weighted by atomic mass is 16.5. The maximum Gasteiger partial charge on any atom is 0.312 e. The molecule has 0 unspecified atom stereocenters. The number of rotatable bonds is 5. The Balaban J connectivity index is 1.70. The highest BCUT2D eigenvalue weighted by Gasteiger charge is 2.35. The van der Waals surface area contributed by atoms with Gasteiger partial charge in [-0.2, -0.15) is 0 Å². The lowest BCUT2D eigenvalue weighted by molar-refractivity contribution is -0.138. The largest absolute Gasteiger partial charge is 0.497 e. The zero-order valence-corrected chi connectivity index (χ0v) is 13.4. The van der Waals surface area contributed by atoms with Crippen molar-refractivity contribution in [3.8, 4) is 5.75 Å². The quantitative estimate of drug-likeness (QED) is 0.918. The third-order valence-electron chi connectivity index (χ3n) is 4.35. The van der Waals surface area contributed by atoms with Crippen molar-refractivity contribution in [3.05, 3.63) is 59.7 Å². The molecule has 5 nitrogen and oxygen atoms in total. The first-order chi connectivity index (χ1) is 11.6. The molecule has 5 heteroatoms. The Bertz CT molecular complexity index is 754. The summed E-state index contributed by atoms with van der Waals surface area (Å²) in [5, 5.41) is 9.37. The molecule has 0 saturated heterocycles. The molecular formula is C19H19NO4. The fraction of sp³-hybridized carbons (Fsp3) is 0.263. The number of para-hydroxylation sites is 1. The number of amides is 1. The Morgan fingerprint density at radius 1 is 1.17 bits per heavy atom. The molecule has 0 radical (unpaired) electrons. The fourth-order valence-electron chi connectivity index (χ4n) is 3.03. The monoisotopic (exact) mass is 325 g/mol. The van der Waals surface area contributed by atoms with Crippen LogP contribution in [0.5, 0.6) is 5.75 Å². The second-order valence-corrected chi connectivity index (χ2v) is 5.80. The normalized spacial score (nSPS) is 15.9. The van der Waals surface area contributed by atoms with E-state index in [4.69, 9.17) is 4.74 Å². The Hall–Kier alpha value is -2.82. The van der Waals surface area contributed by atoms with Crippen molar-refractivity contribution in [1.29, 1.82) is 0 Å². The van der Waals surface area contributed by atoms with Crippen molar-refractivity contribution in [2.45, 2.75) is 18.8 Å². The highest BCUT2D eigenvalue weighted by molar-refractivity contribution is 5.99. The smallest absolute Gasteiger partial charge is 0.312 e. The van der Waals surface area contributed by atoms with Gasteiger partial charge in [0.25, 0.3) is 0 Å². The molecule has 1 N–H and O–H groups in total. The molecule has 2 aromatic rings. The Labute approximate surface area is 140 Å². The van der Waals surface area contributed by atoms with Crippen LogP contribution in [0.25, 0.3) is 0 Å². The van der Waals surface area contributed by atoms with Gasteiger partial charge in [-0.05, 0) is 35.7 Å². The Kier molecular flexibility index (Phi) is 4.51. The summed E-state index contributed by atoms with van der Waals surface area (Å²) in [6.07, 6.45) is 0.951. The zero-order valence-electron chi connectivity index (χ0n) is 13.4. The summed E-state index contributed by atoms with van der Waals surface area (Å²) >= 11 is 0. The first kappa shape index (κ1) is 16.1. The number of hydrogen-bond acceptors (Lipinski definition) is 3. The molecule has 1 heterocycles. The van der Waals surface area contributed by atoms with Gasteiger partial charge in [0, 0.05) is 18.7 Å². The van der Waals surface area contributed by atoms with Crippen molar-refractivity contribution in [2.75, 3.05) is 18.6 Å². The van der Waals surface area contributed by atoms with Crippen molar-refractivity contribution < 1.29 is 19.4 Å². The molecule has 1 aliphatic heterocycles. The van der Waals surface area contributed by atoms with Crippen LogP contribution in [-0.4, -0.2) is 30.6 Å². The van der Waals surface area contributed by atoms with Crippen LogP contribution in [0.15, 0.2) is 48.5 Å². The lowest BCUT2D eigenvalue weighted by atomic mass is 10.0. The number of benzene rings is 2. The lowest BCUT2D eigenvalue weighted by Gasteiger charge is -2.17. The molecule has 0 saturated carbocycles. The molecule has 0 aromatic heterocycles. The van der Waals surface area contributed by atoms with Crippen molar-refractivity contribution in [3.63, 3.8) is 0 Å².